The maximum Gasteiger partial charge on any atom is 0.0245 e. The Balaban J connectivity index is 2.73. The molecule has 1 aromatic carbocycles. The quantitative estimate of drug-likeness (QED) is 0.612. The van der Waals surface area contributed by atoms with E-state index in [1.54, 1.807) is 0 Å². The molecule has 0 spiro atoms. The first-order chi connectivity index (χ1) is 7.37. The summed E-state index contributed by atoms with van der Waals surface area (Å²) >= 11 is 0. The first kappa shape index (κ1) is 12.8. The Kier molecular flexibility index (Phi) is 4.19. The number of rotatable bonds is 1. The minimum atomic E-state index is 0.352. The molecule has 0 amide bonds. The first-order valence-electron chi connectivity index (χ1n) is 5.97. The minimum absolute atomic E-state index is 0.352. The van der Waals surface area contributed by atoms with E-state index >= 15 is 0 Å². The normalized spacial score (nSPS) is 11.1. The molecule has 0 atom stereocenters. The standard InChI is InChI=1S/C16H22/c1-13(2)6-7-14-8-10-15(11-9-14)12-16(3,4)5/h8-11,13H,12H2,1-5H3. The van der Waals surface area contributed by atoms with Gasteiger partial charge in [0.15, 0.2) is 0 Å². The number of hydrogen-bond donors (Lipinski definition) is 0. The Morgan fingerprint density at radius 1 is 1.06 bits per heavy atom. The van der Waals surface area contributed by atoms with Gasteiger partial charge in [-0.15, -0.1) is 0 Å². The van der Waals surface area contributed by atoms with Crippen LogP contribution in [0.5, 0.6) is 0 Å². The largest absolute Gasteiger partial charge is 0.0951 e. The van der Waals surface area contributed by atoms with Crippen LogP contribution in [-0.2, 0) is 6.42 Å². The van der Waals surface area contributed by atoms with Crippen molar-refractivity contribution in [1.29, 1.82) is 0 Å². The van der Waals surface area contributed by atoms with Gasteiger partial charge in [-0.3, -0.25) is 0 Å². The lowest BCUT2D eigenvalue weighted by Crippen LogP contribution is -2.08. The molecular formula is C16H22. The van der Waals surface area contributed by atoms with Crippen molar-refractivity contribution in [1.82, 2.24) is 0 Å². The average molecular weight is 214 g/mol. The summed E-state index contributed by atoms with van der Waals surface area (Å²) in [4.78, 5) is 0. The van der Waals surface area contributed by atoms with Crippen LogP contribution in [0.4, 0.5) is 0 Å². The molecule has 0 nitrogen and oxygen atoms in total. The summed E-state index contributed by atoms with van der Waals surface area (Å²) in [6, 6.07) is 8.62. The molecule has 0 aliphatic heterocycles. The molecule has 0 aliphatic rings. The minimum Gasteiger partial charge on any atom is -0.0951 e. The Hall–Kier alpha value is -1.22. The van der Waals surface area contributed by atoms with Gasteiger partial charge in [-0.1, -0.05) is 58.6 Å². The zero-order chi connectivity index (χ0) is 12.2. The molecule has 0 fully saturated rings. The third kappa shape index (κ3) is 5.03. The van der Waals surface area contributed by atoms with E-state index in [-0.39, 0.29) is 0 Å². The maximum absolute atomic E-state index is 3.18. The lowest BCUT2D eigenvalue weighted by molar-refractivity contribution is 0.411. The third-order valence-electron chi connectivity index (χ3n) is 2.19. The molecule has 86 valence electrons. The number of hydrogen-bond acceptors (Lipinski definition) is 0. The summed E-state index contributed by atoms with van der Waals surface area (Å²) in [5, 5.41) is 0. The highest BCUT2D eigenvalue weighted by atomic mass is 14.2. The molecule has 0 aromatic heterocycles. The van der Waals surface area contributed by atoms with Gasteiger partial charge < -0.3 is 0 Å². The van der Waals surface area contributed by atoms with E-state index in [9.17, 15) is 0 Å². The second-order valence-corrected chi connectivity index (χ2v) is 5.86. The van der Waals surface area contributed by atoms with Crippen molar-refractivity contribution < 1.29 is 0 Å². The molecule has 0 radical (unpaired) electrons. The molecule has 0 heterocycles. The third-order valence-corrected chi connectivity index (χ3v) is 2.19. The van der Waals surface area contributed by atoms with Gasteiger partial charge in [-0.05, 0) is 29.5 Å². The average Bonchev–Trinajstić information content (AvgIpc) is 2.14. The fraction of sp³-hybridized carbons (Fsp3) is 0.500. The Labute approximate surface area is 100 Å². The van der Waals surface area contributed by atoms with Crippen LogP contribution in [0.3, 0.4) is 0 Å². The highest BCUT2D eigenvalue weighted by Gasteiger charge is 2.10. The van der Waals surface area contributed by atoms with Gasteiger partial charge in [0.2, 0.25) is 0 Å². The fourth-order valence-corrected chi connectivity index (χ4v) is 1.55. The molecule has 0 aliphatic carbocycles. The zero-order valence-corrected chi connectivity index (χ0v) is 11.1. The summed E-state index contributed by atoms with van der Waals surface area (Å²) in [6.07, 6.45) is 1.12. The van der Waals surface area contributed by atoms with Gasteiger partial charge in [0.05, 0.1) is 0 Å². The van der Waals surface area contributed by atoms with Crippen molar-refractivity contribution in [3.8, 4) is 11.8 Å². The van der Waals surface area contributed by atoms with Crippen LogP contribution >= 0.6 is 0 Å². The molecule has 1 rings (SSSR count). The molecule has 0 unspecified atom stereocenters. The fourth-order valence-electron chi connectivity index (χ4n) is 1.55. The van der Waals surface area contributed by atoms with Crippen molar-refractivity contribution in [3.05, 3.63) is 35.4 Å². The number of benzene rings is 1. The lowest BCUT2D eigenvalue weighted by Gasteiger charge is -2.17. The smallest absolute Gasteiger partial charge is 0.0245 e. The van der Waals surface area contributed by atoms with Gasteiger partial charge in [-0.25, -0.2) is 0 Å². The predicted octanol–water partition coefficient (Wildman–Crippen LogP) is 4.28. The van der Waals surface area contributed by atoms with Crippen LogP contribution < -0.4 is 0 Å². The highest BCUT2D eigenvalue weighted by molar-refractivity contribution is 5.36. The van der Waals surface area contributed by atoms with Crippen LogP contribution in [0.15, 0.2) is 24.3 Å². The second kappa shape index (κ2) is 5.21. The van der Waals surface area contributed by atoms with E-state index in [0.29, 0.717) is 11.3 Å². The lowest BCUT2D eigenvalue weighted by atomic mass is 9.88. The van der Waals surface area contributed by atoms with E-state index in [0.717, 1.165) is 12.0 Å². The van der Waals surface area contributed by atoms with Gasteiger partial charge in [0, 0.05) is 11.5 Å². The van der Waals surface area contributed by atoms with E-state index in [4.69, 9.17) is 0 Å². The molecule has 1 aromatic rings. The van der Waals surface area contributed by atoms with Crippen molar-refractivity contribution in [2.75, 3.05) is 0 Å². The molecule has 0 saturated carbocycles. The van der Waals surface area contributed by atoms with Crippen LogP contribution in [0, 0.1) is 23.2 Å². The molecule has 0 heteroatoms. The van der Waals surface area contributed by atoms with E-state index in [1.165, 1.54) is 5.56 Å². The van der Waals surface area contributed by atoms with Crippen LogP contribution in [0.25, 0.3) is 0 Å². The summed E-state index contributed by atoms with van der Waals surface area (Å²) in [5.41, 5.74) is 2.86. The van der Waals surface area contributed by atoms with E-state index in [1.807, 2.05) is 0 Å². The molecule has 0 bridgehead atoms. The zero-order valence-electron chi connectivity index (χ0n) is 11.1. The molecule has 0 N–H and O–H groups in total. The predicted molar refractivity (Wildman–Crippen MR) is 71.3 cm³/mol. The van der Waals surface area contributed by atoms with E-state index < -0.39 is 0 Å². The summed E-state index contributed by atoms with van der Waals surface area (Å²) < 4.78 is 0. The SMILES string of the molecule is CC(C)C#Cc1ccc(CC(C)(C)C)cc1. The Morgan fingerprint density at radius 2 is 1.62 bits per heavy atom. The summed E-state index contributed by atoms with van der Waals surface area (Å²) in [7, 11) is 0. The van der Waals surface area contributed by atoms with Crippen molar-refractivity contribution >= 4 is 0 Å². The molecule has 0 saturated heterocycles. The topological polar surface area (TPSA) is 0 Å². The monoisotopic (exact) mass is 214 g/mol. The van der Waals surface area contributed by atoms with Gasteiger partial charge in [-0.2, -0.15) is 0 Å². The second-order valence-electron chi connectivity index (χ2n) is 5.86. The summed E-state index contributed by atoms with van der Waals surface area (Å²) in [5.74, 6) is 6.80. The maximum atomic E-state index is 3.18. The molecule has 16 heavy (non-hydrogen) atoms. The van der Waals surface area contributed by atoms with Crippen LogP contribution in [-0.4, -0.2) is 0 Å². The van der Waals surface area contributed by atoms with Crippen molar-refractivity contribution in [3.63, 3.8) is 0 Å². The summed E-state index contributed by atoms with van der Waals surface area (Å²) in [6.45, 7) is 11.0. The van der Waals surface area contributed by atoms with E-state index in [2.05, 4.69) is 70.7 Å². The van der Waals surface area contributed by atoms with Gasteiger partial charge >= 0.3 is 0 Å². The van der Waals surface area contributed by atoms with Crippen LogP contribution in [0.2, 0.25) is 0 Å². The van der Waals surface area contributed by atoms with Crippen molar-refractivity contribution in [2.45, 2.75) is 41.0 Å². The first-order valence-corrected chi connectivity index (χ1v) is 5.97. The Bertz CT molecular complexity index is 377. The van der Waals surface area contributed by atoms with Gasteiger partial charge in [0.1, 0.15) is 0 Å². The van der Waals surface area contributed by atoms with Crippen molar-refractivity contribution in [2.24, 2.45) is 11.3 Å². The Morgan fingerprint density at radius 3 is 2.06 bits per heavy atom. The highest BCUT2D eigenvalue weighted by Crippen LogP contribution is 2.20. The molecular weight excluding hydrogens is 192 g/mol. The van der Waals surface area contributed by atoms with Gasteiger partial charge in [0.25, 0.3) is 0 Å². The van der Waals surface area contributed by atoms with Crippen LogP contribution in [0.1, 0.15) is 45.7 Å².